The molecule has 0 spiro atoms. The fourth-order valence-electron chi connectivity index (χ4n) is 2.56. The van der Waals surface area contributed by atoms with Crippen LogP contribution in [0.3, 0.4) is 0 Å². The van der Waals surface area contributed by atoms with Crippen LogP contribution in [0.2, 0.25) is 0 Å². The maximum absolute atomic E-state index is 12.7. The first-order chi connectivity index (χ1) is 9.83. The van der Waals surface area contributed by atoms with Gasteiger partial charge in [-0.3, -0.25) is 4.79 Å². The van der Waals surface area contributed by atoms with E-state index in [0.717, 1.165) is 25.8 Å². The minimum atomic E-state index is -0.898. The Hall–Kier alpha value is -1.30. The number of amides is 1. The Morgan fingerprint density at radius 3 is 2.24 bits per heavy atom. The van der Waals surface area contributed by atoms with Crippen LogP contribution in [0.4, 0.5) is 0 Å². The van der Waals surface area contributed by atoms with Crippen LogP contribution in [0.5, 0.6) is 0 Å². The molecule has 0 saturated heterocycles. The van der Waals surface area contributed by atoms with E-state index in [2.05, 4.69) is 15.4 Å². The van der Waals surface area contributed by atoms with E-state index < -0.39 is 5.41 Å². The number of rotatable bonds is 10. The van der Waals surface area contributed by atoms with Gasteiger partial charge in [-0.1, -0.05) is 31.8 Å². The molecule has 0 fully saturated rings. The van der Waals surface area contributed by atoms with Crippen molar-refractivity contribution < 1.29 is 10.0 Å². The van der Waals surface area contributed by atoms with Crippen molar-refractivity contribution in [3.63, 3.8) is 0 Å². The Kier molecular flexibility index (Phi) is 9.01. The Morgan fingerprint density at radius 2 is 1.86 bits per heavy atom. The van der Waals surface area contributed by atoms with E-state index >= 15 is 0 Å². The Balaban J connectivity index is 5.01. The van der Waals surface area contributed by atoms with Gasteiger partial charge in [-0.05, 0) is 46.8 Å². The summed E-state index contributed by atoms with van der Waals surface area (Å²) in [7, 11) is 4.01. The van der Waals surface area contributed by atoms with E-state index in [0.29, 0.717) is 12.8 Å². The highest BCUT2D eigenvalue weighted by atomic mass is 16.4. The molecule has 0 rings (SSSR count). The fraction of sp³-hybridized carbons (Fsp3) is 0.867. The first kappa shape index (κ1) is 19.7. The third kappa shape index (κ3) is 5.91. The van der Waals surface area contributed by atoms with Crippen molar-refractivity contribution in [3.8, 4) is 0 Å². The van der Waals surface area contributed by atoms with Gasteiger partial charge in [0, 0.05) is 6.04 Å². The van der Waals surface area contributed by atoms with Gasteiger partial charge in [0.15, 0.2) is 5.84 Å². The van der Waals surface area contributed by atoms with Gasteiger partial charge in [0.2, 0.25) is 5.91 Å². The Morgan fingerprint density at radius 1 is 1.33 bits per heavy atom. The highest BCUT2D eigenvalue weighted by molar-refractivity contribution is 6.06. The van der Waals surface area contributed by atoms with E-state index in [4.69, 9.17) is 10.9 Å². The molecule has 0 bridgehead atoms. The molecule has 0 aromatic carbocycles. The summed E-state index contributed by atoms with van der Waals surface area (Å²) in [6, 6.07) is 0.0551. The zero-order valence-electron chi connectivity index (χ0n) is 14.1. The van der Waals surface area contributed by atoms with Crippen LogP contribution in [-0.2, 0) is 4.79 Å². The number of carbonyl (C=O) groups excluding carboxylic acids is 1. The van der Waals surface area contributed by atoms with Gasteiger partial charge in [0.25, 0.3) is 0 Å². The number of carbonyl (C=O) groups is 1. The molecule has 0 radical (unpaired) electrons. The number of oxime groups is 1. The van der Waals surface area contributed by atoms with E-state index in [9.17, 15) is 4.79 Å². The molecule has 1 atom stereocenters. The van der Waals surface area contributed by atoms with Gasteiger partial charge in [-0.25, -0.2) is 0 Å². The van der Waals surface area contributed by atoms with Crippen molar-refractivity contribution in [2.45, 2.75) is 58.9 Å². The Bertz CT molecular complexity index is 337. The molecule has 4 N–H and O–H groups in total. The van der Waals surface area contributed by atoms with Crippen LogP contribution in [0.1, 0.15) is 52.9 Å². The summed E-state index contributed by atoms with van der Waals surface area (Å²) < 4.78 is 0. The second-order valence-electron chi connectivity index (χ2n) is 6.03. The highest BCUT2D eigenvalue weighted by Gasteiger charge is 2.41. The summed E-state index contributed by atoms with van der Waals surface area (Å²) in [6.45, 7) is 6.88. The molecule has 0 saturated carbocycles. The fourth-order valence-corrected chi connectivity index (χ4v) is 2.56. The standard InChI is InChI=1S/C15H32N4O2/c1-6-9-15(10-7-2,13(16)18-21)14(20)17-12(3)8-11-19(4)5/h12,21H,6-11H2,1-5H3,(H2,16,18)(H,17,20). The zero-order chi connectivity index (χ0) is 16.5. The number of nitrogens with one attached hydrogen (secondary N) is 1. The molecule has 6 heteroatoms. The maximum atomic E-state index is 12.7. The van der Waals surface area contributed by atoms with Crippen molar-refractivity contribution in [2.24, 2.45) is 16.3 Å². The molecule has 0 aliphatic carbocycles. The van der Waals surface area contributed by atoms with Crippen LogP contribution in [-0.4, -0.2) is 48.5 Å². The maximum Gasteiger partial charge on any atom is 0.234 e. The van der Waals surface area contributed by atoms with Gasteiger partial charge in [0.05, 0.1) is 0 Å². The van der Waals surface area contributed by atoms with Crippen molar-refractivity contribution in [1.29, 1.82) is 0 Å². The smallest absolute Gasteiger partial charge is 0.234 e. The van der Waals surface area contributed by atoms with Crippen LogP contribution >= 0.6 is 0 Å². The molecule has 21 heavy (non-hydrogen) atoms. The molecule has 0 heterocycles. The first-order valence-corrected chi connectivity index (χ1v) is 7.77. The summed E-state index contributed by atoms with van der Waals surface area (Å²) in [5, 5.41) is 15.2. The van der Waals surface area contributed by atoms with E-state index in [-0.39, 0.29) is 17.8 Å². The number of nitrogens with two attached hydrogens (primary N) is 1. The zero-order valence-corrected chi connectivity index (χ0v) is 14.1. The molecule has 124 valence electrons. The molecule has 1 unspecified atom stereocenters. The first-order valence-electron chi connectivity index (χ1n) is 7.77. The van der Waals surface area contributed by atoms with E-state index in [1.165, 1.54) is 0 Å². The lowest BCUT2D eigenvalue weighted by Crippen LogP contribution is -2.52. The summed E-state index contributed by atoms with van der Waals surface area (Å²) in [6.07, 6.45) is 3.64. The average Bonchev–Trinajstić information content (AvgIpc) is 2.43. The summed E-state index contributed by atoms with van der Waals surface area (Å²) in [5.74, 6) is -0.115. The van der Waals surface area contributed by atoms with Crippen LogP contribution in [0, 0.1) is 5.41 Å². The normalized spacial score (nSPS) is 14.3. The van der Waals surface area contributed by atoms with Gasteiger partial charge < -0.3 is 21.2 Å². The lowest BCUT2D eigenvalue weighted by atomic mass is 9.77. The molecular formula is C15H32N4O2. The van der Waals surface area contributed by atoms with Gasteiger partial charge >= 0.3 is 0 Å². The molecule has 6 nitrogen and oxygen atoms in total. The second-order valence-corrected chi connectivity index (χ2v) is 6.03. The van der Waals surface area contributed by atoms with Crippen molar-refractivity contribution >= 4 is 11.7 Å². The molecule has 0 aliphatic heterocycles. The number of hydrogen-bond acceptors (Lipinski definition) is 4. The van der Waals surface area contributed by atoms with Crippen LogP contribution < -0.4 is 11.1 Å². The number of amidine groups is 1. The van der Waals surface area contributed by atoms with Crippen molar-refractivity contribution in [2.75, 3.05) is 20.6 Å². The molecule has 0 aromatic rings. The van der Waals surface area contributed by atoms with E-state index in [1.54, 1.807) is 0 Å². The lowest BCUT2D eigenvalue weighted by Gasteiger charge is -2.32. The van der Waals surface area contributed by atoms with Gasteiger partial charge in [0.1, 0.15) is 5.41 Å². The van der Waals surface area contributed by atoms with E-state index in [1.807, 2.05) is 34.9 Å². The molecular weight excluding hydrogens is 268 g/mol. The molecule has 0 aliphatic rings. The predicted molar refractivity (Wildman–Crippen MR) is 86.4 cm³/mol. The number of nitrogens with zero attached hydrogens (tertiary/aromatic N) is 2. The highest BCUT2D eigenvalue weighted by Crippen LogP contribution is 2.31. The van der Waals surface area contributed by atoms with Gasteiger partial charge in [-0.15, -0.1) is 0 Å². The van der Waals surface area contributed by atoms with Crippen LogP contribution in [0.15, 0.2) is 5.16 Å². The lowest BCUT2D eigenvalue weighted by molar-refractivity contribution is -0.129. The Labute approximate surface area is 128 Å². The monoisotopic (exact) mass is 300 g/mol. The number of hydrogen-bond donors (Lipinski definition) is 3. The predicted octanol–water partition coefficient (Wildman–Crippen LogP) is 1.78. The van der Waals surface area contributed by atoms with Gasteiger partial charge in [-0.2, -0.15) is 0 Å². The second kappa shape index (κ2) is 9.60. The third-order valence-corrected chi connectivity index (χ3v) is 3.77. The summed E-state index contributed by atoms with van der Waals surface area (Å²) in [5.41, 5.74) is 4.96. The summed E-state index contributed by atoms with van der Waals surface area (Å²) in [4.78, 5) is 14.8. The largest absolute Gasteiger partial charge is 0.409 e. The molecule has 0 aromatic heterocycles. The van der Waals surface area contributed by atoms with Crippen molar-refractivity contribution in [1.82, 2.24) is 10.2 Å². The van der Waals surface area contributed by atoms with Crippen molar-refractivity contribution in [3.05, 3.63) is 0 Å². The average molecular weight is 300 g/mol. The molecule has 1 amide bonds. The SMILES string of the molecule is CCCC(CCC)(C(=O)NC(C)CCN(C)C)C(N)=NO. The third-order valence-electron chi connectivity index (χ3n) is 3.77. The van der Waals surface area contributed by atoms with Crippen LogP contribution in [0.25, 0.3) is 0 Å². The minimum absolute atomic E-state index is 0.0171. The quantitative estimate of drug-likeness (QED) is 0.248. The minimum Gasteiger partial charge on any atom is -0.409 e. The summed E-state index contributed by atoms with van der Waals surface area (Å²) >= 11 is 0. The topological polar surface area (TPSA) is 91.0 Å².